The third-order valence-corrected chi connectivity index (χ3v) is 10.6. The zero-order chi connectivity index (χ0) is 30.9. The van der Waals surface area contributed by atoms with Gasteiger partial charge in [0.25, 0.3) is 0 Å². The van der Waals surface area contributed by atoms with Crippen LogP contribution >= 0.6 is 11.3 Å². The molecule has 10 rings (SSSR count). The summed E-state index contributed by atoms with van der Waals surface area (Å²) in [6.07, 6.45) is 0. The zero-order valence-corrected chi connectivity index (χ0v) is 26.2. The maximum atomic E-state index is 7.11. The fourth-order valence-electron chi connectivity index (χ4n) is 7.37. The SMILES string of the molecule is c1ccc(-c2ccc(N(c3ccccc3)c3ccc4c(c3)sc3ccccc34)c3c2oc2c4ccccc4c4ccccc4c23)cc1. The summed E-state index contributed by atoms with van der Waals surface area (Å²) in [7, 11) is 0. The number of hydrogen-bond donors (Lipinski definition) is 0. The first-order valence-electron chi connectivity index (χ1n) is 15.9. The van der Waals surface area contributed by atoms with E-state index in [1.807, 2.05) is 11.3 Å². The third kappa shape index (κ3) is 3.97. The second-order valence-corrected chi connectivity index (χ2v) is 13.1. The van der Waals surface area contributed by atoms with E-state index in [4.69, 9.17) is 4.42 Å². The first-order chi connectivity index (χ1) is 23.3. The van der Waals surface area contributed by atoms with Gasteiger partial charge in [-0.1, -0.05) is 121 Å². The number of fused-ring (bicyclic) bond motifs is 11. The van der Waals surface area contributed by atoms with E-state index in [1.54, 1.807) is 0 Å². The molecule has 220 valence electrons. The van der Waals surface area contributed by atoms with Gasteiger partial charge in [0.15, 0.2) is 0 Å². The minimum Gasteiger partial charge on any atom is -0.455 e. The average Bonchev–Trinajstić information content (AvgIpc) is 3.72. The lowest BCUT2D eigenvalue weighted by Gasteiger charge is -2.27. The highest BCUT2D eigenvalue weighted by Gasteiger charge is 2.25. The van der Waals surface area contributed by atoms with E-state index in [0.717, 1.165) is 55.5 Å². The Balaban J connectivity index is 1.36. The molecule has 0 N–H and O–H groups in total. The number of nitrogens with zero attached hydrogens (tertiary/aromatic N) is 1. The Morgan fingerprint density at radius 3 is 1.81 bits per heavy atom. The van der Waals surface area contributed by atoms with Crippen molar-refractivity contribution in [3.8, 4) is 11.1 Å². The molecule has 0 saturated carbocycles. The number of anilines is 3. The second kappa shape index (κ2) is 10.3. The van der Waals surface area contributed by atoms with Crippen LogP contribution in [0.25, 0.3) is 74.8 Å². The van der Waals surface area contributed by atoms with Crippen LogP contribution in [0.15, 0.2) is 168 Å². The predicted octanol–water partition coefficient (Wildman–Crippen LogP) is 13.4. The molecule has 0 amide bonds. The molecular formula is C44H27NOS. The normalized spacial score (nSPS) is 11.8. The number of para-hydroxylation sites is 1. The van der Waals surface area contributed by atoms with Gasteiger partial charge in [-0.15, -0.1) is 11.3 Å². The lowest BCUT2D eigenvalue weighted by Crippen LogP contribution is -2.10. The highest BCUT2D eigenvalue weighted by Crippen LogP contribution is 2.50. The fourth-order valence-corrected chi connectivity index (χ4v) is 8.51. The quantitative estimate of drug-likeness (QED) is 0.183. The van der Waals surface area contributed by atoms with Gasteiger partial charge in [0.1, 0.15) is 11.2 Å². The van der Waals surface area contributed by atoms with Crippen molar-refractivity contribution in [2.45, 2.75) is 0 Å². The van der Waals surface area contributed by atoms with E-state index >= 15 is 0 Å². The molecule has 0 saturated heterocycles. The standard InChI is InChI=1S/C44H27NOS/c1-3-13-28(14-4-1)31-25-26-38(42-41-36-20-9-7-17-32(36)33-18-8-10-21-37(33)44(41)46-43(31)42)45(29-15-5-2-6-16-29)30-23-24-35-34-19-11-12-22-39(34)47-40(35)27-30/h1-27H. The van der Waals surface area contributed by atoms with Gasteiger partial charge in [-0.2, -0.15) is 0 Å². The van der Waals surface area contributed by atoms with Gasteiger partial charge in [0.2, 0.25) is 0 Å². The first-order valence-corrected chi connectivity index (χ1v) is 16.8. The summed E-state index contributed by atoms with van der Waals surface area (Å²) < 4.78 is 9.69. The van der Waals surface area contributed by atoms with Crippen molar-refractivity contribution >= 4 is 92.1 Å². The minimum absolute atomic E-state index is 0.897. The lowest BCUT2D eigenvalue weighted by molar-refractivity contribution is 0.674. The number of rotatable bonds is 4. The van der Waals surface area contributed by atoms with Crippen LogP contribution in [0.2, 0.25) is 0 Å². The van der Waals surface area contributed by atoms with Gasteiger partial charge in [0, 0.05) is 47.9 Å². The van der Waals surface area contributed by atoms with Crippen LogP contribution in [0, 0.1) is 0 Å². The monoisotopic (exact) mass is 617 g/mol. The largest absolute Gasteiger partial charge is 0.455 e. The van der Waals surface area contributed by atoms with Crippen molar-refractivity contribution in [3.63, 3.8) is 0 Å². The summed E-state index contributed by atoms with van der Waals surface area (Å²) in [4.78, 5) is 2.40. The Hall–Kier alpha value is -5.90. The van der Waals surface area contributed by atoms with Crippen molar-refractivity contribution in [2.75, 3.05) is 4.90 Å². The summed E-state index contributed by atoms with van der Waals surface area (Å²) >= 11 is 1.85. The van der Waals surface area contributed by atoms with Gasteiger partial charge in [-0.25, -0.2) is 0 Å². The zero-order valence-electron chi connectivity index (χ0n) is 25.4. The Morgan fingerprint density at radius 2 is 1.02 bits per heavy atom. The van der Waals surface area contributed by atoms with Gasteiger partial charge in [-0.3, -0.25) is 0 Å². The van der Waals surface area contributed by atoms with Crippen molar-refractivity contribution in [3.05, 3.63) is 164 Å². The Bertz CT molecular complexity index is 2790. The van der Waals surface area contributed by atoms with Gasteiger partial charge in [-0.05, 0) is 64.2 Å². The maximum absolute atomic E-state index is 7.11. The predicted molar refractivity (Wildman–Crippen MR) is 202 cm³/mol. The lowest BCUT2D eigenvalue weighted by atomic mass is 9.94. The van der Waals surface area contributed by atoms with Crippen LogP contribution in [0.5, 0.6) is 0 Å². The van der Waals surface area contributed by atoms with Crippen molar-refractivity contribution < 1.29 is 4.42 Å². The molecule has 8 aromatic carbocycles. The molecule has 0 unspecified atom stereocenters. The number of benzene rings is 8. The van der Waals surface area contributed by atoms with E-state index < -0.39 is 0 Å². The third-order valence-electron chi connectivity index (χ3n) is 9.44. The molecule has 2 nitrogen and oxygen atoms in total. The molecule has 0 atom stereocenters. The van der Waals surface area contributed by atoms with E-state index in [0.29, 0.717) is 0 Å². The van der Waals surface area contributed by atoms with Gasteiger partial charge in [0.05, 0.1) is 11.1 Å². The molecule has 0 radical (unpaired) electrons. The maximum Gasteiger partial charge on any atom is 0.145 e. The van der Waals surface area contributed by atoms with Crippen LogP contribution in [0.1, 0.15) is 0 Å². The van der Waals surface area contributed by atoms with Crippen molar-refractivity contribution in [2.24, 2.45) is 0 Å². The Morgan fingerprint density at radius 1 is 0.404 bits per heavy atom. The average molecular weight is 618 g/mol. The number of hydrogen-bond acceptors (Lipinski definition) is 3. The van der Waals surface area contributed by atoms with E-state index in [-0.39, 0.29) is 0 Å². The van der Waals surface area contributed by atoms with Crippen molar-refractivity contribution in [1.29, 1.82) is 0 Å². The summed E-state index contributed by atoms with van der Waals surface area (Å²) in [5.74, 6) is 0. The van der Waals surface area contributed by atoms with E-state index in [9.17, 15) is 0 Å². The molecule has 2 heterocycles. The molecule has 0 aliphatic rings. The van der Waals surface area contributed by atoms with Crippen LogP contribution in [0.4, 0.5) is 17.1 Å². The van der Waals surface area contributed by atoms with Crippen LogP contribution in [-0.4, -0.2) is 0 Å². The number of furan rings is 1. The van der Waals surface area contributed by atoms with E-state index in [2.05, 4.69) is 169 Å². The first kappa shape index (κ1) is 26.3. The summed E-state index contributed by atoms with van der Waals surface area (Å²) in [5, 5.41) is 9.60. The minimum atomic E-state index is 0.897. The molecule has 0 bridgehead atoms. The highest BCUT2D eigenvalue weighted by atomic mass is 32.1. The topological polar surface area (TPSA) is 16.4 Å². The molecule has 0 aliphatic heterocycles. The van der Waals surface area contributed by atoms with E-state index in [1.165, 1.54) is 36.3 Å². The highest BCUT2D eigenvalue weighted by molar-refractivity contribution is 7.25. The van der Waals surface area contributed by atoms with Gasteiger partial charge >= 0.3 is 0 Å². The molecule has 0 spiro atoms. The smallest absolute Gasteiger partial charge is 0.145 e. The van der Waals surface area contributed by atoms with Crippen LogP contribution in [-0.2, 0) is 0 Å². The summed E-state index contributed by atoms with van der Waals surface area (Å²) in [6.45, 7) is 0. The molecule has 0 aliphatic carbocycles. The van der Waals surface area contributed by atoms with Crippen molar-refractivity contribution in [1.82, 2.24) is 0 Å². The Labute approximate surface area is 275 Å². The summed E-state index contributed by atoms with van der Waals surface area (Å²) in [5.41, 5.74) is 7.34. The molecule has 0 fully saturated rings. The fraction of sp³-hybridized carbons (Fsp3) is 0. The molecule has 2 aromatic heterocycles. The summed E-state index contributed by atoms with van der Waals surface area (Å²) in [6, 6.07) is 58.8. The molecular weight excluding hydrogens is 591 g/mol. The molecule has 3 heteroatoms. The molecule has 10 aromatic rings. The molecule has 47 heavy (non-hydrogen) atoms. The van der Waals surface area contributed by atoms with Gasteiger partial charge < -0.3 is 9.32 Å². The second-order valence-electron chi connectivity index (χ2n) is 12.0. The Kier molecular flexibility index (Phi) is 5.78. The van der Waals surface area contributed by atoms with Crippen LogP contribution < -0.4 is 4.90 Å². The number of thiophene rings is 1. The van der Waals surface area contributed by atoms with Crippen LogP contribution in [0.3, 0.4) is 0 Å².